The van der Waals surface area contributed by atoms with Gasteiger partial charge in [0.15, 0.2) is 0 Å². The van der Waals surface area contributed by atoms with E-state index < -0.39 is 46.5 Å². The van der Waals surface area contributed by atoms with Crippen LogP contribution < -0.4 is 10.2 Å². The van der Waals surface area contributed by atoms with Crippen LogP contribution in [-0.2, 0) is 23.7 Å². The first-order chi connectivity index (χ1) is 18.1. The van der Waals surface area contributed by atoms with E-state index in [-0.39, 0.29) is 12.2 Å². The number of nitrogens with one attached hydrogen (secondary N) is 1. The number of imide groups is 1. The van der Waals surface area contributed by atoms with Crippen molar-refractivity contribution < 1.29 is 35.9 Å². The van der Waals surface area contributed by atoms with Crippen molar-refractivity contribution in [3.05, 3.63) is 89.0 Å². The number of halogens is 6. The molecule has 0 aliphatic carbocycles. The Morgan fingerprint density at radius 3 is 2.13 bits per heavy atom. The van der Waals surface area contributed by atoms with Gasteiger partial charge in [0, 0.05) is 11.4 Å². The molecule has 1 aliphatic rings. The Balaban J connectivity index is 1.63. The summed E-state index contributed by atoms with van der Waals surface area (Å²) in [6.07, 6.45) is -9.28. The van der Waals surface area contributed by atoms with Gasteiger partial charge in [0.1, 0.15) is 5.54 Å². The van der Waals surface area contributed by atoms with Gasteiger partial charge in [-0.05, 0) is 67.9 Å². The lowest BCUT2D eigenvalue weighted by Gasteiger charge is -2.28. The van der Waals surface area contributed by atoms with E-state index in [1.165, 1.54) is 36.9 Å². The van der Waals surface area contributed by atoms with Gasteiger partial charge in [0.05, 0.1) is 35.0 Å². The second-order valence-corrected chi connectivity index (χ2v) is 9.27. The van der Waals surface area contributed by atoms with Crippen LogP contribution in [0.2, 0.25) is 0 Å². The number of para-hydroxylation sites is 1. The molecule has 1 saturated heterocycles. The summed E-state index contributed by atoms with van der Waals surface area (Å²) < 4.78 is 78.4. The van der Waals surface area contributed by atoms with E-state index in [4.69, 9.17) is 0 Å². The maximum absolute atomic E-state index is 13.4. The highest BCUT2D eigenvalue weighted by Gasteiger charge is 2.52. The van der Waals surface area contributed by atoms with Gasteiger partial charge >= 0.3 is 18.4 Å². The van der Waals surface area contributed by atoms with Crippen LogP contribution in [0.15, 0.2) is 66.7 Å². The number of amides is 3. The van der Waals surface area contributed by atoms with Crippen molar-refractivity contribution in [3.8, 4) is 6.07 Å². The highest BCUT2D eigenvalue weighted by Crippen LogP contribution is 2.38. The smallest absolute Gasteiger partial charge is 0.355 e. The molecular weight excluding hydrogens is 526 g/mol. The molecule has 1 heterocycles. The van der Waals surface area contributed by atoms with Crippen molar-refractivity contribution >= 4 is 29.0 Å². The summed E-state index contributed by atoms with van der Waals surface area (Å²) in [7, 11) is 0. The molecule has 0 aromatic heterocycles. The lowest BCUT2D eigenvalue weighted by Crippen LogP contribution is -2.43. The first kappa shape index (κ1) is 27.5. The summed E-state index contributed by atoms with van der Waals surface area (Å²) >= 11 is 0. The number of hydrogen-bond acceptors (Lipinski definition) is 4. The number of nitrogens with zero attached hydrogens (tertiary/aromatic N) is 3. The maximum Gasteiger partial charge on any atom is 0.417 e. The summed E-state index contributed by atoms with van der Waals surface area (Å²) in [5, 5.41) is 12.2. The molecule has 0 saturated carbocycles. The SMILES string of the molecule is CC1(C)C(=O)N(c2ccc(C(F)(F)F)c(C#N)c2)C(=O)N1Cc1ccccc1Nc1ccc(C(F)(F)F)cc1. The number of carbonyl (C=O) groups is 2. The minimum atomic E-state index is -4.79. The number of anilines is 3. The van der Waals surface area contributed by atoms with E-state index in [1.54, 1.807) is 24.3 Å². The molecule has 202 valence electrons. The highest BCUT2D eigenvalue weighted by atomic mass is 19.4. The first-order valence-corrected chi connectivity index (χ1v) is 11.4. The van der Waals surface area contributed by atoms with Crippen molar-refractivity contribution in [2.75, 3.05) is 10.2 Å². The summed E-state index contributed by atoms with van der Waals surface area (Å²) in [6.45, 7) is 2.85. The molecule has 0 spiro atoms. The molecule has 3 aromatic carbocycles. The van der Waals surface area contributed by atoms with E-state index >= 15 is 0 Å². The second-order valence-electron chi connectivity index (χ2n) is 9.27. The zero-order valence-corrected chi connectivity index (χ0v) is 20.5. The fraction of sp³-hybridized carbons (Fsp3) is 0.222. The molecule has 12 heteroatoms. The predicted octanol–water partition coefficient (Wildman–Crippen LogP) is 7.09. The Kier molecular flexibility index (Phi) is 6.81. The molecule has 3 aromatic rings. The van der Waals surface area contributed by atoms with Crippen molar-refractivity contribution in [1.29, 1.82) is 5.26 Å². The molecule has 0 bridgehead atoms. The largest absolute Gasteiger partial charge is 0.417 e. The number of alkyl halides is 6. The Labute approximate surface area is 219 Å². The predicted molar refractivity (Wildman–Crippen MR) is 130 cm³/mol. The number of rotatable bonds is 5. The maximum atomic E-state index is 13.4. The van der Waals surface area contributed by atoms with Crippen LogP contribution in [0.1, 0.15) is 36.1 Å². The number of urea groups is 1. The van der Waals surface area contributed by atoms with Gasteiger partial charge in [-0.25, -0.2) is 9.69 Å². The molecule has 3 amide bonds. The van der Waals surface area contributed by atoms with Crippen molar-refractivity contribution in [2.45, 2.75) is 38.3 Å². The van der Waals surface area contributed by atoms with Crippen LogP contribution in [0, 0.1) is 11.3 Å². The van der Waals surface area contributed by atoms with E-state index in [2.05, 4.69) is 5.32 Å². The van der Waals surface area contributed by atoms with Crippen molar-refractivity contribution in [1.82, 2.24) is 4.90 Å². The fourth-order valence-corrected chi connectivity index (χ4v) is 4.19. The van der Waals surface area contributed by atoms with Crippen molar-refractivity contribution in [2.24, 2.45) is 0 Å². The summed E-state index contributed by atoms with van der Waals surface area (Å²) in [4.78, 5) is 28.6. The fourth-order valence-electron chi connectivity index (χ4n) is 4.19. The molecule has 6 nitrogen and oxygen atoms in total. The Morgan fingerprint density at radius 2 is 1.54 bits per heavy atom. The molecular formula is C27H20F6N4O2. The first-order valence-electron chi connectivity index (χ1n) is 11.4. The van der Waals surface area contributed by atoms with Gasteiger partial charge in [0.2, 0.25) is 0 Å². The van der Waals surface area contributed by atoms with Gasteiger partial charge in [-0.3, -0.25) is 4.79 Å². The molecule has 0 atom stereocenters. The highest BCUT2D eigenvalue weighted by molar-refractivity contribution is 6.23. The Bertz CT molecular complexity index is 1470. The van der Waals surface area contributed by atoms with Crippen LogP contribution >= 0.6 is 0 Å². The second kappa shape index (κ2) is 9.65. The molecule has 1 aliphatic heterocycles. The minimum absolute atomic E-state index is 0.108. The van der Waals surface area contributed by atoms with Gasteiger partial charge in [-0.2, -0.15) is 31.6 Å². The van der Waals surface area contributed by atoms with E-state index in [0.29, 0.717) is 23.0 Å². The van der Waals surface area contributed by atoms with E-state index in [0.717, 1.165) is 29.2 Å². The number of hydrogen-bond donors (Lipinski definition) is 1. The molecule has 4 rings (SSSR count). The molecule has 1 N–H and O–H groups in total. The Morgan fingerprint density at radius 1 is 0.897 bits per heavy atom. The average molecular weight is 546 g/mol. The number of carbonyl (C=O) groups excluding carboxylic acids is 2. The van der Waals surface area contributed by atoms with Gasteiger partial charge in [0.25, 0.3) is 5.91 Å². The molecule has 0 unspecified atom stereocenters. The standard InChI is InChI=1S/C27H20F6N4O2/c1-25(2)23(38)37(20-11-12-21(27(31,32)33)17(13-20)14-34)24(39)36(25)15-16-5-3-4-6-22(16)35-19-9-7-18(8-10-19)26(28,29)30/h3-13,35H,15H2,1-2H3. The van der Waals surface area contributed by atoms with Crippen LogP contribution in [0.4, 0.5) is 48.2 Å². The van der Waals surface area contributed by atoms with E-state index in [9.17, 15) is 41.2 Å². The third-order valence-corrected chi connectivity index (χ3v) is 6.35. The van der Waals surface area contributed by atoms with E-state index in [1.807, 2.05) is 0 Å². The summed E-state index contributed by atoms with van der Waals surface area (Å²) in [5.41, 5.74) is -2.97. The molecule has 0 radical (unpaired) electrons. The quantitative estimate of drug-likeness (QED) is 0.274. The molecule has 1 fully saturated rings. The minimum Gasteiger partial charge on any atom is -0.355 e. The van der Waals surface area contributed by atoms with Gasteiger partial charge in [-0.15, -0.1) is 0 Å². The Hall–Kier alpha value is -4.53. The topological polar surface area (TPSA) is 76.4 Å². The lowest BCUT2D eigenvalue weighted by molar-refractivity contribution is -0.138. The molecule has 39 heavy (non-hydrogen) atoms. The monoisotopic (exact) mass is 546 g/mol. The van der Waals surface area contributed by atoms with Crippen molar-refractivity contribution in [3.63, 3.8) is 0 Å². The number of nitriles is 1. The zero-order valence-electron chi connectivity index (χ0n) is 20.5. The third kappa shape index (κ3) is 5.25. The average Bonchev–Trinajstić information content (AvgIpc) is 3.03. The summed E-state index contributed by atoms with van der Waals surface area (Å²) in [6, 6.07) is 14.1. The lowest BCUT2D eigenvalue weighted by atomic mass is 10.0. The third-order valence-electron chi connectivity index (χ3n) is 6.35. The van der Waals surface area contributed by atoms with Gasteiger partial charge < -0.3 is 10.2 Å². The van der Waals surface area contributed by atoms with Crippen LogP contribution in [0.25, 0.3) is 0 Å². The number of benzene rings is 3. The van der Waals surface area contributed by atoms with Crippen LogP contribution in [0.5, 0.6) is 0 Å². The normalized spacial score (nSPS) is 15.5. The van der Waals surface area contributed by atoms with Crippen LogP contribution in [-0.4, -0.2) is 22.4 Å². The zero-order chi connectivity index (χ0) is 28.8. The van der Waals surface area contributed by atoms with Gasteiger partial charge in [-0.1, -0.05) is 18.2 Å². The summed E-state index contributed by atoms with van der Waals surface area (Å²) in [5.74, 6) is -0.704. The van der Waals surface area contributed by atoms with Crippen LogP contribution in [0.3, 0.4) is 0 Å².